The quantitative estimate of drug-likeness (QED) is 0.575. The lowest BCUT2D eigenvalue weighted by molar-refractivity contribution is -0.118. The van der Waals surface area contributed by atoms with Crippen LogP contribution in [0.15, 0.2) is 64.7 Å². The van der Waals surface area contributed by atoms with Gasteiger partial charge < -0.3 is 4.74 Å². The summed E-state index contributed by atoms with van der Waals surface area (Å²) in [4.78, 5) is 30.4. The third-order valence-electron chi connectivity index (χ3n) is 4.86. The Bertz CT molecular complexity index is 1150. The fraction of sp³-hybridized carbons (Fsp3) is 0.217. The molecular weight excluding hydrogens is 412 g/mol. The van der Waals surface area contributed by atoms with E-state index < -0.39 is 0 Å². The monoisotopic (exact) mass is 434 g/mol. The van der Waals surface area contributed by atoms with Gasteiger partial charge in [0.1, 0.15) is 21.6 Å². The van der Waals surface area contributed by atoms with Crippen LogP contribution < -0.4 is 9.75 Å². The van der Waals surface area contributed by atoms with Gasteiger partial charge in [-0.2, -0.15) is 10.1 Å². The smallest absolute Gasteiger partial charge is 0.248 e. The van der Waals surface area contributed by atoms with E-state index in [9.17, 15) is 9.59 Å². The third kappa shape index (κ3) is 3.86. The molecule has 158 valence electrons. The number of rotatable bonds is 5. The minimum atomic E-state index is -0.194. The van der Waals surface area contributed by atoms with Gasteiger partial charge in [-0.25, -0.2) is 4.98 Å². The van der Waals surface area contributed by atoms with E-state index in [1.54, 1.807) is 18.6 Å². The zero-order valence-corrected chi connectivity index (χ0v) is 18.3. The second-order valence-electron chi connectivity index (χ2n) is 6.81. The summed E-state index contributed by atoms with van der Waals surface area (Å²) in [7, 11) is 1.61. The largest absolute Gasteiger partial charge is 0.497 e. The Morgan fingerprint density at radius 2 is 1.61 bits per heavy atom. The molecule has 0 radical (unpaired) electrons. The summed E-state index contributed by atoms with van der Waals surface area (Å²) in [6, 6.07) is 16.9. The zero-order chi connectivity index (χ0) is 22.0. The number of anilines is 1. The van der Waals surface area contributed by atoms with E-state index in [4.69, 9.17) is 9.72 Å². The summed E-state index contributed by atoms with van der Waals surface area (Å²) in [5, 5.41) is 7.11. The van der Waals surface area contributed by atoms with Crippen LogP contribution in [0.4, 0.5) is 5.82 Å². The summed E-state index contributed by atoms with van der Waals surface area (Å²) < 4.78 is 6.84. The molecule has 8 heteroatoms. The molecule has 7 nitrogen and oxygen atoms in total. The van der Waals surface area contributed by atoms with Gasteiger partial charge in [-0.1, -0.05) is 44.2 Å². The van der Waals surface area contributed by atoms with Crippen molar-refractivity contribution in [1.29, 1.82) is 0 Å². The third-order valence-corrected chi connectivity index (χ3v) is 5.93. The molecule has 1 aliphatic heterocycles. The molecule has 0 unspecified atom stereocenters. The molecule has 4 rings (SSSR count). The van der Waals surface area contributed by atoms with E-state index in [1.165, 1.54) is 16.8 Å². The maximum atomic E-state index is 13.0. The number of benzene rings is 2. The molecule has 0 atom stereocenters. The highest BCUT2D eigenvalue weighted by atomic mass is 32.2. The first-order chi connectivity index (χ1) is 15.1. The minimum absolute atomic E-state index is 0.0972. The predicted octanol–water partition coefficient (Wildman–Crippen LogP) is 4.82. The average molecular weight is 435 g/mol. The molecule has 0 saturated heterocycles. The number of hydrazone groups is 1. The molecule has 0 aliphatic carbocycles. The number of nitrogens with zero attached hydrogens (tertiary/aromatic N) is 4. The van der Waals surface area contributed by atoms with E-state index in [2.05, 4.69) is 5.10 Å². The van der Waals surface area contributed by atoms with Crippen LogP contribution in [-0.4, -0.2) is 33.5 Å². The standard InChI is InChI=1S/C23H22N4O3S/c1-4-18(28)26-20(15-9-7-6-8-10-15)24-21-23(26)31-22(25-27(21)19(29)5-2)16-11-13-17(30-3)14-12-16/h6-14H,4-5H2,1-3H3. The van der Waals surface area contributed by atoms with Gasteiger partial charge >= 0.3 is 0 Å². The van der Waals surface area contributed by atoms with Crippen LogP contribution in [0.3, 0.4) is 0 Å². The fourth-order valence-corrected chi connectivity index (χ4v) is 4.28. The highest BCUT2D eigenvalue weighted by Crippen LogP contribution is 2.41. The molecule has 1 aliphatic rings. The van der Waals surface area contributed by atoms with Gasteiger partial charge in [-0.3, -0.25) is 14.2 Å². The van der Waals surface area contributed by atoms with Crippen molar-refractivity contribution in [3.05, 3.63) is 60.2 Å². The first-order valence-corrected chi connectivity index (χ1v) is 10.8. The van der Waals surface area contributed by atoms with E-state index in [-0.39, 0.29) is 18.2 Å². The molecule has 31 heavy (non-hydrogen) atoms. The second kappa shape index (κ2) is 8.77. The normalized spacial score (nSPS) is 12.9. The number of thioether (sulfide) groups is 1. The molecule has 0 N–H and O–H groups in total. The van der Waals surface area contributed by atoms with Crippen LogP contribution in [0.25, 0.3) is 11.4 Å². The van der Waals surface area contributed by atoms with Crippen molar-refractivity contribution < 1.29 is 14.3 Å². The predicted molar refractivity (Wildman–Crippen MR) is 122 cm³/mol. The Hall–Kier alpha value is -3.39. The number of carbonyl (C=O) groups excluding carboxylic acids is 2. The van der Waals surface area contributed by atoms with E-state index in [1.807, 2.05) is 61.5 Å². The summed E-state index contributed by atoms with van der Waals surface area (Å²) >= 11 is 1.34. The number of amides is 1. The Balaban J connectivity index is 1.89. The second-order valence-corrected chi connectivity index (χ2v) is 7.79. The number of aromatic nitrogens is 2. The van der Waals surface area contributed by atoms with Crippen molar-refractivity contribution in [2.75, 3.05) is 12.1 Å². The van der Waals surface area contributed by atoms with Crippen LogP contribution in [-0.2, 0) is 4.79 Å². The van der Waals surface area contributed by atoms with Gasteiger partial charge in [-0.05, 0) is 36.0 Å². The Morgan fingerprint density at radius 1 is 0.935 bits per heavy atom. The lowest BCUT2D eigenvalue weighted by Crippen LogP contribution is -2.29. The average Bonchev–Trinajstić information content (AvgIpc) is 3.22. The summed E-state index contributed by atoms with van der Waals surface area (Å²) in [5.74, 6) is 1.32. The van der Waals surface area contributed by atoms with Crippen molar-refractivity contribution in [3.63, 3.8) is 0 Å². The van der Waals surface area contributed by atoms with Gasteiger partial charge in [0.05, 0.1) is 7.11 Å². The summed E-state index contributed by atoms with van der Waals surface area (Å²) in [6.07, 6.45) is 0.568. The van der Waals surface area contributed by atoms with Crippen molar-refractivity contribution in [2.45, 2.75) is 31.7 Å². The molecule has 0 saturated carbocycles. The zero-order valence-electron chi connectivity index (χ0n) is 17.5. The number of hydrogen-bond acceptors (Lipinski definition) is 6. The van der Waals surface area contributed by atoms with Gasteiger partial charge in [0.15, 0.2) is 5.82 Å². The van der Waals surface area contributed by atoms with Crippen molar-refractivity contribution in [3.8, 4) is 17.1 Å². The molecule has 0 spiro atoms. The summed E-state index contributed by atoms with van der Waals surface area (Å²) in [5.41, 5.74) is 1.62. The van der Waals surface area contributed by atoms with Gasteiger partial charge in [0.25, 0.3) is 0 Å². The lowest BCUT2D eigenvalue weighted by Gasteiger charge is -2.22. The summed E-state index contributed by atoms with van der Waals surface area (Å²) in [6.45, 7) is 3.59. The molecule has 3 aromatic rings. The SMILES string of the molecule is CCC(=O)N1N=C(c2ccc(OC)cc2)Sc2c1nc(-c1ccccc1)n2C(=O)CC. The van der Waals surface area contributed by atoms with Crippen LogP contribution in [0.5, 0.6) is 5.75 Å². The van der Waals surface area contributed by atoms with Crippen LogP contribution in [0.1, 0.15) is 37.0 Å². The molecule has 2 aromatic carbocycles. The lowest BCUT2D eigenvalue weighted by atomic mass is 10.2. The van der Waals surface area contributed by atoms with E-state index in [0.717, 1.165) is 16.9 Å². The minimum Gasteiger partial charge on any atom is -0.497 e. The Morgan fingerprint density at radius 3 is 2.23 bits per heavy atom. The van der Waals surface area contributed by atoms with Crippen molar-refractivity contribution in [1.82, 2.24) is 9.55 Å². The maximum Gasteiger partial charge on any atom is 0.248 e. The molecule has 2 heterocycles. The number of methoxy groups -OCH3 is 1. The van der Waals surface area contributed by atoms with Gasteiger partial charge in [0, 0.05) is 24.0 Å². The van der Waals surface area contributed by atoms with Crippen molar-refractivity contribution >= 4 is 34.4 Å². The maximum absolute atomic E-state index is 13.0. The van der Waals surface area contributed by atoms with Gasteiger partial charge in [0.2, 0.25) is 11.8 Å². The van der Waals surface area contributed by atoms with E-state index >= 15 is 0 Å². The molecule has 1 amide bonds. The number of imidazole rings is 1. The van der Waals surface area contributed by atoms with Crippen LogP contribution in [0.2, 0.25) is 0 Å². The number of carbonyl (C=O) groups is 2. The first kappa shape index (κ1) is 20.9. The molecule has 0 bridgehead atoms. The van der Waals surface area contributed by atoms with Gasteiger partial charge in [-0.15, -0.1) is 0 Å². The topological polar surface area (TPSA) is 76.8 Å². The number of ether oxygens (including phenoxy) is 1. The highest BCUT2D eigenvalue weighted by Gasteiger charge is 2.33. The first-order valence-electron chi connectivity index (χ1n) is 10.0. The molecular formula is C23H22N4O3S. The van der Waals surface area contributed by atoms with E-state index in [0.29, 0.717) is 28.1 Å². The number of fused-ring (bicyclic) bond motifs is 1. The molecule has 1 aromatic heterocycles. The van der Waals surface area contributed by atoms with Crippen LogP contribution >= 0.6 is 11.8 Å². The highest BCUT2D eigenvalue weighted by molar-refractivity contribution is 8.14. The van der Waals surface area contributed by atoms with Crippen molar-refractivity contribution in [2.24, 2.45) is 5.10 Å². The Labute approximate surface area is 184 Å². The Kier molecular flexibility index (Phi) is 5.90. The number of hydrogen-bond donors (Lipinski definition) is 0. The fourth-order valence-electron chi connectivity index (χ4n) is 3.22. The molecule has 0 fully saturated rings. The van der Waals surface area contributed by atoms with Crippen LogP contribution in [0, 0.1) is 0 Å².